The van der Waals surface area contributed by atoms with Gasteiger partial charge in [0.25, 0.3) is 0 Å². The molecule has 10 atom stereocenters. The third kappa shape index (κ3) is 3.17. The van der Waals surface area contributed by atoms with Gasteiger partial charge in [-0.15, -0.1) is 6.58 Å². The molecule has 6 aliphatic rings. The molecular formula is C29H33NO3. The van der Waals surface area contributed by atoms with Gasteiger partial charge in [-0.05, 0) is 60.6 Å². The standard InChI is InChI=1S/C29H33NO3/c1-4-18-8-12-20-22-13-15(2)5-11-21(22)28-26(20)25(18)27(31)24-16(3)30-29(32)23(24)14-17-6-9-19(33-28)10-7-17/h4,6-10,12,15,18,20-26,28H,1,3,5,11,13-14H2,2H3,(H,30,32)/t15-,18+,20+,21-,22+,23+,24-,25+,26+,28+/m1/s1. The predicted octanol–water partition coefficient (Wildman–Crippen LogP) is 4.72. The fraction of sp³-hybridized carbons (Fsp3) is 0.517. The largest absolute Gasteiger partial charge is 0.490 e. The van der Waals surface area contributed by atoms with E-state index in [9.17, 15) is 9.59 Å². The molecule has 2 saturated carbocycles. The van der Waals surface area contributed by atoms with Crippen LogP contribution >= 0.6 is 0 Å². The maximum Gasteiger partial charge on any atom is 0.228 e. The van der Waals surface area contributed by atoms with Crippen LogP contribution in [0.5, 0.6) is 5.75 Å². The van der Waals surface area contributed by atoms with Crippen LogP contribution in [0.25, 0.3) is 0 Å². The summed E-state index contributed by atoms with van der Waals surface area (Å²) >= 11 is 0. The topological polar surface area (TPSA) is 55.4 Å². The third-order valence-electron chi connectivity index (χ3n) is 9.30. The molecule has 3 fully saturated rings. The van der Waals surface area contributed by atoms with Crippen molar-refractivity contribution in [1.29, 1.82) is 0 Å². The highest BCUT2D eigenvalue weighted by molar-refractivity contribution is 5.97. The number of rotatable bonds is 1. The van der Waals surface area contributed by atoms with Crippen molar-refractivity contribution in [2.75, 3.05) is 0 Å². The Labute approximate surface area is 196 Å². The molecule has 0 unspecified atom stereocenters. The molecule has 7 rings (SSSR count). The van der Waals surface area contributed by atoms with Crippen molar-refractivity contribution >= 4 is 11.7 Å². The molecule has 1 aromatic rings. The number of fused-ring (bicyclic) bond motifs is 4. The maximum absolute atomic E-state index is 14.4. The fourth-order valence-electron chi connectivity index (χ4n) is 7.83. The Hall–Kier alpha value is -2.62. The van der Waals surface area contributed by atoms with Crippen LogP contribution in [0, 0.1) is 53.3 Å². The van der Waals surface area contributed by atoms with Gasteiger partial charge in [-0.25, -0.2) is 0 Å². The minimum absolute atomic E-state index is 0.00379. The van der Waals surface area contributed by atoms with E-state index >= 15 is 0 Å². The number of hydrogen-bond donors (Lipinski definition) is 1. The first-order chi connectivity index (χ1) is 16.0. The average molecular weight is 444 g/mol. The van der Waals surface area contributed by atoms with E-state index in [-0.39, 0.29) is 35.5 Å². The van der Waals surface area contributed by atoms with Gasteiger partial charge in [0.15, 0.2) is 0 Å². The molecule has 33 heavy (non-hydrogen) atoms. The highest BCUT2D eigenvalue weighted by atomic mass is 16.5. The predicted molar refractivity (Wildman–Crippen MR) is 127 cm³/mol. The van der Waals surface area contributed by atoms with Crippen molar-refractivity contribution in [2.45, 2.75) is 38.7 Å². The van der Waals surface area contributed by atoms with Gasteiger partial charge in [-0.1, -0.05) is 50.3 Å². The number of allylic oxidation sites excluding steroid dienone is 4. The molecule has 4 heteroatoms. The SMILES string of the molecule is C=C[C@H]1C=C[C@H]2[C@@H]3C[C@H](C)CC[C@H]3[C@@H]3Oc4ccc(cc4)C[C@@H]4C(=O)NC(=C)[C@H]4C(=O)[C@@H]1[C@H]23. The third-order valence-corrected chi connectivity index (χ3v) is 9.30. The summed E-state index contributed by atoms with van der Waals surface area (Å²) in [6.07, 6.45) is 10.6. The van der Waals surface area contributed by atoms with E-state index in [1.165, 1.54) is 12.8 Å². The summed E-state index contributed by atoms with van der Waals surface area (Å²) in [7, 11) is 0. The zero-order valence-electron chi connectivity index (χ0n) is 19.3. The van der Waals surface area contributed by atoms with Crippen LogP contribution in [0.1, 0.15) is 31.7 Å². The lowest BCUT2D eigenvalue weighted by molar-refractivity contribution is -0.134. The average Bonchev–Trinajstić information content (AvgIpc) is 3.25. The summed E-state index contributed by atoms with van der Waals surface area (Å²) in [6, 6.07) is 8.18. The molecule has 172 valence electrons. The second kappa shape index (κ2) is 7.72. The van der Waals surface area contributed by atoms with Crippen molar-refractivity contribution in [1.82, 2.24) is 5.32 Å². The van der Waals surface area contributed by atoms with Crippen molar-refractivity contribution in [3.05, 3.63) is 66.9 Å². The molecule has 1 aromatic carbocycles. The van der Waals surface area contributed by atoms with E-state index in [2.05, 4.69) is 37.6 Å². The van der Waals surface area contributed by atoms with Crippen LogP contribution in [0.2, 0.25) is 0 Å². The van der Waals surface area contributed by atoms with Gasteiger partial charge in [0.05, 0.1) is 11.8 Å². The summed E-state index contributed by atoms with van der Waals surface area (Å²) in [5, 5.41) is 2.90. The molecule has 2 bridgehead atoms. The Kier molecular flexibility index (Phi) is 4.90. The van der Waals surface area contributed by atoms with E-state index in [1.54, 1.807) is 0 Å². The molecule has 3 aliphatic carbocycles. The van der Waals surface area contributed by atoms with E-state index in [0.29, 0.717) is 35.8 Å². The van der Waals surface area contributed by atoms with Crippen LogP contribution in [0.3, 0.4) is 0 Å². The second-order valence-electron chi connectivity index (χ2n) is 11.1. The molecule has 1 amide bonds. The van der Waals surface area contributed by atoms with Crippen molar-refractivity contribution in [3.8, 4) is 5.75 Å². The highest BCUT2D eigenvalue weighted by Crippen LogP contribution is 2.58. The molecular weight excluding hydrogens is 410 g/mol. The van der Waals surface area contributed by atoms with Crippen LogP contribution in [0.15, 0.2) is 61.3 Å². The second-order valence-corrected chi connectivity index (χ2v) is 11.1. The molecule has 4 nitrogen and oxygen atoms in total. The number of hydrogen-bond acceptors (Lipinski definition) is 3. The Morgan fingerprint density at radius 1 is 1.09 bits per heavy atom. The molecule has 3 heterocycles. The number of carbonyl (C=O) groups is 2. The zero-order valence-corrected chi connectivity index (χ0v) is 19.3. The summed E-state index contributed by atoms with van der Waals surface area (Å²) in [5.41, 5.74) is 1.60. The van der Waals surface area contributed by atoms with Gasteiger partial charge in [-0.2, -0.15) is 0 Å². The lowest BCUT2D eigenvalue weighted by Gasteiger charge is -2.40. The molecule has 3 aliphatic heterocycles. The first kappa shape index (κ1) is 20.9. The van der Waals surface area contributed by atoms with Crippen LogP contribution < -0.4 is 10.1 Å². The lowest BCUT2D eigenvalue weighted by Crippen LogP contribution is -2.45. The summed E-state index contributed by atoms with van der Waals surface area (Å²) < 4.78 is 6.78. The number of carbonyl (C=O) groups excluding carboxylic acids is 2. The minimum Gasteiger partial charge on any atom is -0.490 e. The quantitative estimate of drug-likeness (QED) is 0.639. The van der Waals surface area contributed by atoms with Crippen molar-refractivity contribution in [3.63, 3.8) is 0 Å². The van der Waals surface area contributed by atoms with Crippen molar-refractivity contribution in [2.24, 2.45) is 53.3 Å². The number of ether oxygens (including phenoxy) is 1. The number of nitrogens with one attached hydrogen (secondary N) is 1. The first-order valence-corrected chi connectivity index (χ1v) is 12.6. The summed E-state index contributed by atoms with van der Waals surface area (Å²) in [6.45, 7) is 10.6. The summed E-state index contributed by atoms with van der Waals surface area (Å²) in [5.74, 6) is 1.84. The molecule has 0 aromatic heterocycles. The van der Waals surface area contributed by atoms with Gasteiger partial charge in [0.2, 0.25) is 5.91 Å². The van der Waals surface area contributed by atoms with Gasteiger partial charge >= 0.3 is 0 Å². The maximum atomic E-state index is 14.4. The van der Waals surface area contributed by atoms with E-state index in [4.69, 9.17) is 4.74 Å². The van der Waals surface area contributed by atoms with Crippen LogP contribution in [0.4, 0.5) is 0 Å². The highest BCUT2D eigenvalue weighted by Gasteiger charge is 2.59. The zero-order chi connectivity index (χ0) is 22.9. The van der Waals surface area contributed by atoms with Crippen LogP contribution in [-0.2, 0) is 16.0 Å². The first-order valence-electron chi connectivity index (χ1n) is 12.6. The Morgan fingerprint density at radius 3 is 2.64 bits per heavy atom. The fourth-order valence-corrected chi connectivity index (χ4v) is 7.83. The number of ketones is 1. The van der Waals surface area contributed by atoms with E-state index in [1.807, 2.05) is 30.3 Å². The van der Waals surface area contributed by atoms with Gasteiger partial charge in [0, 0.05) is 23.5 Å². The molecule has 0 spiro atoms. The van der Waals surface area contributed by atoms with Gasteiger partial charge < -0.3 is 10.1 Å². The lowest BCUT2D eigenvalue weighted by atomic mass is 9.64. The minimum atomic E-state index is -0.501. The van der Waals surface area contributed by atoms with Crippen LogP contribution in [-0.4, -0.2) is 17.8 Å². The van der Waals surface area contributed by atoms with Gasteiger partial charge in [-0.3, -0.25) is 9.59 Å². The van der Waals surface area contributed by atoms with E-state index < -0.39 is 11.8 Å². The Bertz CT molecular complexity index is 1040. The van der Waals surface area contributed by atoms with Gasteiger partial charge in [0.1, 0.15) is 17.6 Å². The molecule has 0 radical (unpaired) electrons. The normalized spacial score (nSPS) is 43.5. The molecule has 1 N–H and O–H groups in total. The Morgan fingerprint density at radius 2 is 1.88 bits per heavy atom. The molecule has 1 saturated heterocycles. The monoisotopic (exact) mass is 443 g/mol. The Balaban J connectivity index is 1.51. The smallest absolute Gasteiger partial charge is 0.228 e. The van der Waals surface area contributed by atoms with Crippen molar-refractivity contribution < 1.29 is 14.3 Å². The summed E-state index contributed by atoms with van der Waals surface area (Å²) in [4.78, 5) is 27.3. The number of amides is 1. The number of benzene rings is 1. The van der Waals surface area contributed by atoms with E-state index in [0.717, 1.165) is 17.7 Å². The number of Topliss-reactive ketones (excluding diaryl/α,β-unsaturated/α-hetero) is 1.